The van der Waals surface area contributed by atoms with Crippen molar-refractivity contribution in [2.45, 2.75) is 0 Å². The van der Waals surface area contributed by atoms with Crippen LogP contribution in [0.25, 0.3) is 0 Å². The van der Waals surface area contributed by atoms with Crippen molar-refractivity contribution in [2.75, 3.05) is 48.4 Å². The Labute approximate surface area is 176 Å². The number of hydrogen-bond acceptors (Lipinski definition) is 6. The number of carbonyl (C=O) groups is 3. The van der Waals surface area contributed by atoms with Crippen LogP contribution < -0.4 is 10.6 Å². The van der Waals surface area contributed by atoms with Gasteiger partial charge in [0.05, 0.1) is 42.4 Å². The number of morpholine rings is 1. The van der Waals surface area contributed by atoms with Crippen molar-refractivity contribution in [2.24, 2.45) is 0 Å². The van der Waals surface area contributed by atoms with Crippen LogP contribution >= 0.6 is 23.4 Å². The molecule has 8 nitrogen and oxygen atoms in total. The number of carbonyl (C=O) groups excluding carboxylic acids is 3. The van der Waals surface area contributed by atoms with Gasteiger partial charge in [-0.05, 0) is 30.3 Å². The molecule has 2 N–H and O–H groups in total. The summed E-state index contributed by atoms with van der Waals surface area (Å²) in [5.74, 6) is -0.303. The highest BCUT2D eigenvalue weighted by molar-refractivity contribution is 8.00. The molecule has 3 amide bonds. The van der Waals surface area contributed by atoms with Gasteiger partial charge in [0.2, 0.25) is 11.8 Å². The molecule has 0 saturated carbocycles. The molecule has 1 aromatic carbocycles. The number of thioether (sulfide) groups is 1. The minimum absolute atomic E-state index is 0.0102. The molecule has 0 aliphatic carbocycles. The maximum absolute atomic E-state index is 12.3. The smallest absolute Gasteiger partial charge is 0.291 e. The van der Waals surface area contributed by atoms with Gasteiger partial charge in [-0.15, -0.1) is 11.8 Å². The largest absolute Gasteiger partial charge is 0.459 e. The van der Waals surface area contributed by atoms with E-state index in [1.807, 2.05) is 0 Å². The summed E-state index contributed by atoms with van der Waals surface area (Å²) in [6.07, 6.45) is 1.39. The van der Waals surface area contributed by atoms with Crippen LogP contribution in [-0.2, 0) is 14.3 Å². The van der Waals surface area contributed by atoms with Gasteiger partial charge in [0, 0.05) is 18.1 Å². The minimum Gasteiger partial charge on any atom is -0.459 e. The molecule has 3 rings (SSSR count). The van der Waals surface area contributed by atoms with Crippen LogP contribution in [0.5, 0.6) is 0 Å². The Morgan fingerprint density at radius 3 is 2.59 bits per heavy atom. The van der Waals surface area contributed by atoms with Crippen LogP contribution in [0.2, 0.25) is 5.02 Å². The molecule has 29 heavy (non-hydrogen) atoms. The Balaban J connectivity index is 1.53. The fourth-order valence-corrected chi connectivity index (χ4v) is 3.53. The van der Waals surface area contributed by atoms with Gasteiger partial charge in [-0.2, -0.15) is 0 Å². The Morgan fingerprint density at radius 2 is 1.86 bits per heavy atom. The second-order valence-corrected chi connectivity index (χ2v) is 7.58. The summed E-state index contributed by atoms with van der Waals surface area (Å²) in [4.78, 5) is 38.3. The van der Waals surface area contributed by atoms with Crippen LogP contribution in [0.4, 0.5) is 11.4 Å². The summed E-state index contributed by atoms with van der Waals surface area (Å²) in [5.41, 5.74) is 0.751. The van der Waals surface area contributed by atoms with Crippen LogP contribution in [-0.4, -0.2) is 60.4 Å². The van der Waals surface area contributed by atoms with Gasteiger partial charge in [-0.1, -0.05) is 11.6 Å². The molecule has 0 radical (unpaired) electrons. The predicted molar refractivity (Wildman–Crippen MR) is 111 cm³/mol. The van der Waals surface area contributed by atoms with Crippen LogP contribution in [0, 0.1) is 0 Å². The molecular formula is C19H20ClN3O5S. The topological polar surface area (TPSA) is 101 Å². The van der Waals surface area contributed by atoms with E-state index in [9.17, 15) is 14.4 Å². The standard InChI is InChI=1S/C19H20ClN3O5S/c20-13-3-4-14(15(10-13)22-19(26)16-2-1-7-28-16)21-17(24)11-29-12-18(25)23-5-8-27-9-6-23/h1-4,7,10H,5-6,8-9,11-12H2,(H,21,24)(H,22,26). The number of anilines is 2. The first kappa shape index (κ1) is 21.2. The lowest BCUT2D eigenvalue weighted by Gasteiger charge is -2.26. The highest BCUT2D eigenvalue weighted by Gasteiger charge is 2.18. The number of furan rings is 1. The van der Waals surface area contributed by atoms with Gasteiger partial charge in [0.15, 0.2) is 5.76 Å². The molecule has 2 aromatic rings. The normalized spacial score (nSPS) is 13.8. The Morgan fingerprint density at radius 1 is 1.07 bits per heavy atom. The minimum atomic E-state index is -0.460. The first-order valence-electron chi connectivity index (χ1n) is 8.90. The zero-order valence-electron chi connectivity index (χ0n) is 15.5. The van der Waals surface area contributed by atoms with E-state index in [1.165, 1.54) is 30.2 Å². The Hall–Kier alpha value is -2.49. The number of benzene rings is 1. The molecule has 10 heteroatoms. The quantitative estimate of drug-likeness (QED) is 0.690. The van der Waals surface area contributed by atoms with Gasteiger partial charge < -0.3 is 24.7 Å². The van der Waals surface area contributed by atoms with Crippen molar-refractivity contribution < 1.29 is 23.5 Å². The maximum atomic E-state index is 12.3. The van der Waals surface area contributed by atoms with Crippen molar-refractivity contribution >= 4 is 52.5 Å². The van der Waals surface area contributed by atoms with E-state index in [4.69, 9.17) is 20.8 Å². The fourth-order valence-electron chi connectivity index (χ4n) is 2.64. The van der Waals surface area contributed by atoms with Crippen molar-refractivity contribution in [3.8, 4) is 0 Å². The van der Waals surface area contributed by atoms with Crippen LogP contribution in [0.15, 0.2) is 41.0 Å². The van der Waals surface area contributed by atoms with E-state index >= 15 is 0 Å². The lowest BCUT2D eigenvalue weighted by Crippen LogP contribution is -2.41. The molecule has 1 aromatic heterocycles. The zero-order valence-corrected chi connectivity index (χ0v) is 17.1. The van der Waals surface area contributed by atoms with E-state index in [1.54, 1.807) is 23.1 Å². The Kier molecular flexibility index (Phi) is 7.56. The SMILES string of the molecule is O=C(CSCC(=O)N1CCOCC1)Nc1ccc(Cl)cc1NC(=O)c1ccco1. The Bertz CT molecular complexity index is 869. The second kappa shape index (κ2) is 10.3. The first-order chi connectivity index (χ1) is 14.0. The molecule has 0 unspecified atom stereocenters. The molecule has 1 aliphatic rings. The molecule has 1 saturated heterocycles. The lowest BCUT2D eigenvalue weighted by molar-refractivity contribution is -0.132. The van der Waals surface area contributed by atoms with E-state index in [0.717, 1.165) is 0 Å². The number of rotatable bonds is 7. The average Bonchev–Trinajstić information content (AvgIpc) is 3.26. The van der Waals surface area contributed by atoms with Crippen molar-refractivity contribution in [1.29, 1.82) is 0 Å². The predicted octanol–water partition coefficient (Wildman–Crippen LogP) is 2.72. The fraction of sp³-hybridized carbons (Fsp3) is 0.316. The number of halogens is 1. The zero-order chi connectivity index (χ0) is 20.6. The molecule has 0 spiro atoms. The monoisotopic (exact) mass is 437 g/mol. The molecule has 0 atom stereocenters. The number of amides is 3. The number of nitrogens with one attached hydrogen (secondary N) is 2. The molecular weight excluding hydrogens is 418 g/mol. The second-order valence-electron chi connectivity index (χ2n) is 6.16. The van der Waals surface area contributed by atoms with Crippen molar-refractivity contribution in [1.82, 2.24) is 4.90 Å². The van der Waals surface area contributed by atoms with Gasteiger partial charge in [-0.25, -0.2) is 0 Å². The summed E-state index contributed by atoms with van der Waals surface area (Å²) in [6.45, 7) is 2.24. The highest BCUT2D eigenvalue weighted by atomic mass is 35.5. The van der Waals surface area contributed by atoms with E-state index in [2.05, 4.69) is 10.6 Å². The molecule has 2 heterocycles. The third-order valence-corrected chi connectivity index (χ3v) is 5.22. The number of hydrogen-bond donors (Lipinski definition) is 2. The van der Waals surface area contributed by atoms with E-state index in [-0.39, 0.29) is 29.1 Å². The summed E-state index contributed by atoms with van der Waals surface area (Å²) in [5, 5.41) is 5.80. The van der Waals surface area contributed by atoms with Gasteiger partial charge in [0.1, 0.15) is 0 Å². The van der Waals surface area contributed by atoms with E-state index in [0.29, 0.717) is 42.7 Å². The lowest BCUT2D eigenvalue weighted by atomic mass is 10.2. The maximum Gasteiger partial charge on any atom is 0.291 e. The molecule has 154 valence electrons. The summed E-state index contributed by atoms with van der Waals surface area (Å²) < 4.78 is 10.3. The summed E-state index contributed by atoms with van der Waals surface area (Å²) in [6, 6.07) is 7.87. The van der Waals surface area contributed by atoms with E-state index < -0.39 is 5.91 Å². The third kappa shape index (κ3) is 6.25. The highest BCUT2D eigenvalue weighted by Crippen LogP contribution is 2.26. The number of ether oxygens (including phenoxy) is 1. The summed E-state index contributed by atoms with van der Waals surface area (Å²) in [7, 11) is 0. The van der Waals surface area contributed by atoms with Gasteiger partial charge in [0.25, 0.3) is 5.91 Å². The molecule has 0 bridgehead atoms. The van der Waals surface area contributed by atoms with Gasteiger partial charge in [-0.3, -0.25) is 14.4 Å². The first-order valence-corrected chi connectivity index (χ1v) is 10.4. The van der Waals surface area contributed by atoms with Crippen LogP contribution in [0.3, 0.4) is 0 Å². The van der Waals surface area contributed by atoms with Crippen LogP contribution in [0.1, 0.15) is 10.6 Å². The summed E-state index contributed by atoms with van der Waals surface area (Å²) >= 11 is 7.24. The number of nitrogens with zero attached hydrogens (tertiary/aromatic N) is 1. The van der Waals surface area contributed by atoms with Crippen molar-refractivity contribution in [3.05, 3.63) is 47.4 Å². The average molecular weight is 438 g/mol. The molecule has 1 fully saturated rings. The third-order valence-electron chi connectivity index (χ3n) is 4.07. The molecule has 1 aliphatic heterocycles. The van der Waals surface area contributed by atoms with Gasteiger partial charge >= 0.3 is 0 Å². The van der Waals surface area contributed by atoms with Crippen molar-refractivity contribution in [3.63, 3.8) is 0 Å².